The van der Waals surface area contributed by atoms with Gasteiger partial charge in [-0.05, 0) is 42.5 Å². The Labute approximate surface area is 131 Å². The highest BCUT2D eigenvalue weighted by molar-refractivity contribution is 9.10. The third-order valence-corrected chi connectivity index (χ3v) is 4.51. The summed E-state index contributed by atoms with van der Waals surface area (Å²) in [6.45, 7) is 7.18. The van der Waals surface area contributed by atoms with Crippen LogP contribution in [0.25, 0.3) is 0 Å². The van der Waals surface area contributed by atoms with Gasteiger partial charge in [-0.1, -0.05) is 54.8 Å². The van der Waals surface area contributed by atoms with Gasteiger partial charge in [-0.3, -0.25) is 0 Å². The molecule has 0 amide bonds. The highest BCUT2D eigenvalue weighted by atomic mass is 79.9. The van der Waals surface area contributed by atoms with Crippen molar-refractivity contribution in [1.29, 1.82) is 0 Å². The van der Waals surface area contributed by atoms with Crippen molar-refractivity contribution in [3.8, 4) is 0 Å². The molecule has 1 aromatic carbocycles. The number of ether oxygens (including phenoxy) is 1. The molecule has 1 N–H and O–H groups in total. The number of halogens is 1. The molecule has 1 aromatic rings. The highest BCUT2D eigenvalue weighted by Crippen LogP contribution is 2.25. The van der Waals surface area contributed by atoms with Gasteiger partial charge in [-0.25, -0.2) is 0 Å². The monoisotopic (exact) mass is 339 g/mol. The van der Waals surface area contributed by atoms with Crippen LogP contribution in [0.3, 0.4) is 0 Å². The number of nitrogens with one attached hydrogen (secondary N) is 1. The fourth-order valence-electron chi connectivity index (χ4n) is 2.59. The Morgan fingerprint density at radius 2 is 2.05 bits per heavy atom. The Morgan fingerprint density at radius 1 is 1.30 bits per heavy atom. The zero-order chi connectivity index (χ0) is 14.4. The van der Waals surface area contributed by atoms with Crippen LogP contribution in [0.2, 0.25) is 0 Å². The number of hydrogen-bond donors (Lipinski definition) is 1. The lowest BCUT2D eigenvalue weighted by atomic mass is 10.1. The van der Waals surface area contributed by atoms with Crippen LogP contribution in [0, 0.1) is 5.92 Å². The molecule has 2 nitrogen and oxygen atoms in total. The summed E-state index contributed by atoms with van der Waals surface area (Å²) in [7, 11) is 0. The lowest BCUT2D eigenvalue weighted by Crippen LogP contribution is -2.19. The second kappa shape index (κ2) is 8.16. The molecule has 1 saturated carbocycles. The minimum absolute atomic E-state index is 0.481. The first-order chi connectivity index (χ1) is 9.65. The van der Waals surface area contributed by atoms with Crippen LogP contribution in [0.4, 0.5) is 0 Å². The first-order valence-corrected chi connectivity index (χ1v) is 8.54. The van der Waals surface area contributed by atoms with Crippen molar-refractivity contribution in [2.24, 2.45) is 5.92 Å². The minimum atomic E-state index is 0.481. The molecule has 0 bridgehead atoms. The quantitative estimate of drug-likeness (QED) is 0.780. The van der Waals surface area contributed by atoms with Gasteiger partial charge < -0.3 is 10.1 Å². The molecule has 20 heavy (non-hydrogen) atoms. The Bertz CT molecular complexity index is 413. The van der Waals surface area contributed by atoms with Crippen molar-refractivity contribution in [2.75, 3.05) is 6.54 Å². The van der Waals surface area contributed by atoms with Crippen molar-refractivity contribution in [3.05, 3.63) is 33.8 Å². The van der Waals surface area contributed by atoms with Gasteiger partial charge in [0.15, 0.2) is 0 Å². The number of hydrogen-bond acceptors (Lipinski definition) is 2. The molecule has 1 fully saturated rings. The third kappa shape index (κ3) is 5.19. The van der Waals surface area contributed by atoms with Gasteiger partial charge in [0.2, 0.25) is 0 Å². The second-order valence-electron chi connectivity index (χ2n) is 6.17. The molecule has 0 aliphatic heterocycles. The molecule has 0 radical (unpaired) electrons. The van der Waals surface area contributed by atoms with Crippen LogP contribution in [0.15, 0.2) is 22.7 Å². The Balaban J connectivity index is 1.81. The van der Waals surface area contributed by atoms with E-state index in [2.05, 4.69) is 53.3 Å². The van der Waals surface area contributed by atoms with Crippen LogP contribution in [0.5, 0.6) is 0 Å². The summed E-state index contributed by atoms with van der Waals surface area (Å²) < 4.78 is 7.14. The summed E-state index contributed by atoms with van der Waals surface area (Å²) in [4.78, 5) is 0. The molecular formula is C17H26BrNO. The summed E-state index contributed by atoms with van der Waals surface area (Å²) >= 11 is 3.67. The fourth-order valence-corrected chi connectivity index (χ4v) is 3.13. The number of benzene rings is 1. The summed E-state index contributed by atoms with van der Waals surface area (Å²) in [5, 5.41) is 3.47. The van der Waals surface area contributed by atoms with E-state index in [4.69, 9.17) is 4.74 Å². The van der Waals surface area contributed by atoms with Crippen LogP contribution in [0.1, 0.15) is 50.7 Å². The van der Waals surface area contributed by atoms with Gasteiger partial charge in [0.1, 0.15) is 0 Å². The number of rotatable bonds is 7. The Hall–Kier alpha value is -0.380. The molecule has 1 aliphatic carbocycles. The largest absolute Gasteiger partial charge is 0.374 e. The van der Waals surface area contributed by atoms with Crippen LogP contribution >= 0.6 is 15.9 Å². The summed E-state index contributed by atoms with van der Waals surface area (Å²) in [5.41, 5.74) is 2.58. The van der Waals surface area contributed by atoms with Gasteiger partial charge in [0.25, 0.3) is 0 Å². The van der Waals surface area contributed by atoms with E-state index in [9.17, 15) is 0 Å². The highest BCUT2D eigenvalue weighted by Gasteiger charge is 2.15. The first kappa shape index (κ1) is 16.0. The molecule has 3 heteroatoms. The van der Waals surface area contributed by atoms with Crippen molar-refractivity contribution in [2.45, 2.75) is 58.8 Å². The maximum atomic E-state index is 5.98. The summed E-state index contributed by atoms with van der Waals surface area (Å²) in [5.74, 6) is 0.692. The van der Waals surface area contributed by atoms with Crippen molar-refractivity contribution in [3.63, 3.8) is 0 Å². The molecule has 0 atom stereocenters. The summed E-state index contributed by atoms with van der Waals surface area (Å²) in [6, 6.07) is 6.59. The van der Waals surface area contributed by atoms with E-state index in [1.54, 1.807) is 0 Å². The zero-order valence-corrected chi connectivity index (χ0v) is 14.2. The lowest BCUT2D eigenvalue weighted by Gasteiger charge is -2.13. The van der Waals surface area contributed by atoms with E-state index >= 15 is 0 Å². The Morgan fingerprint density at radius 3 is 2.70 bits per heavy atom. The predicted molar refractivity (Wildman–Crippen MR) is 87.7 cm³/mol. The van der Waals surface area contributed by atoms with Crippen LogP contribution in [-0.4, -0.2) is 12.6 Å². The molecule has 1 aliphatic rings. The molecule has 0 aromatic heterocycles. The summed E-state index contributed by atoms with van der Waals surface area (Å²) in [6.07, 6.45) is 5.59. The topological polar surface area (TPSA) is 21.3 Å². The third-order valence-electron chi connectivity index (χ3n) is 3.78. The van der Waals surface area contributed by atoms with Crippen molar-refractivity contribution >= 4 is 15.9 Å². The van der Waals surface area contributed by atoms with E-state index in [1.807, 2.05) is 0 Å². The van der Waals surface area contributed by atoms with Gasteiger partial charge in [0.05, 0.1) is 12.7 Å². The van der Waals surface area contributed by atoms with Crippen molar-refractivity contribution in [1.82, 2.24) is 5.32 Å². The van der Waals surface area contributed by atoms with E-state index in [0.29, 0.717) is 12.0 Å². The minimum Gasteiger partial charge on any atom is -0.374 e. The Kier molecular flexibility index (Phi) is 6.53. The SMILES string of the molecule is CC(C)CNCc1ccc(COC2CCCC2)c(Br)c1. The lowest BCUT2D eigenvalue weighted by molar-refractivity contribution is 0.0454. The molecule has 0 saturated heterocycles. The van der Waals surface area contributed by atoms with E-state index in [0.717, 1.165) is 19.7 Å². The van der Waals surface area contributed by atoms with Gasteiger partial charge >= 0.3 is 0 Å². The van der Waals surface area contributed by atoms with Gasteiger partial charge in [-0.15, -0.1) is 0 Å². The van der Waals surface area contributed by atoms with E-state index in [-0.39, 0.29) is 0 Å². The van der Waals surface area contributed by atoms with Gasteiger partial charge in [0, 0.05) is 11.0 Å². The molecule has 0 heterocycles. The van der Waals surface area contributed by atoms with E-state index in [1.165, 1.54) is 41.3 Å². The maximum absolute atomic E-state index is 5.98. The molecule has 0 spiro atoms. The van der Waals surface area contributed by atoms with Crippen molar-refractivity contribution < 1.29 is 4.74 Å². The zero-order valence-electron chi connectivity index (χ0n) is 12.6. The molecule has 112 valence electrons. The smallest absolute Gasteiger partial charge is 0.0731 e. The van der Waals surface area contributed by atoms with Gasteiger partial charge in [-0.2, -0.15) is 0 Å². The van der Waals surface area contributed by atoms with Crippen LogP contribution in [-0.2, 0) is 17.9 Å². The normalized spacial score (nSPS) is 16.2. The fraction of sp³-hybridized carbons (Fsp3) is 0.647. The average molecular weight is 340 g/mol. The predicted octanol–water partition coefficient (Wildman–Crippen LogP) is 4.65. The standard InChI is InChI=1S/C17H26BrNO/c1-13(2)10-19-11-14-7-8-15(17(18)9-14)12-20-16-5-3-4-6-16/h7-9,13,16,19H,3-6,10-12H2,1-2H3. The maximum Gasteiger partial charge on any atom is 0.0731 e. The van der Waals surface area contributed by atoms with E-state index < -0.39 is 0 Å². The molecule has 2 rings (SSSR count). The molecular weight excluding hydrogens is 314 g/mol. The van der Waals surface area contributed by atoms with Crippen LogP contribution < -0.4 is 5.32 Å². The second-order valence-corrected chi connectivity index (χ2v) is 7.02. The average Bonchev–Trinajstić information content (AvgIpc) is 2.90. The first-order valence-electron chi connectivity index (χ1n) is 7.75. The molecule has 0 unspecified atom stereocenters.